The Morgan fingerprint density at radius 3 is 2.41 bits per heavy atom. The number of carboxylic acid groups (broad SMARTS) is 1. The fourth-order valence-corrected chi connectivity index (χ4v) is 3.44. The maximum atomic E-state index is 13.9. The van der Waals surface area contributed by atoms with Gasteiger partial charge in [0.05, 0.1) is 23.2 Å². The van der Waals surface area contributed by atoms with Crippen LogP contribution in [0.25, 0.3) is 10.2 Å². The van der Waals surface area contributed by atoms with Gasteiger partial charge in [0.2, 0.25) is 5.91 Å². The van der Waals surface area contributed by atoms with Gasteiger partial charge in [-0.2, -0.15) is 0 Å². The van der Waals surface area contributed by atoms with Crippen LogP contribution < -0.4 is 4.90 Å². The summed E-state index contributed by atoms with van der Waals surface area (Å²) in [6.45, 7) is -0.0789. The molecule has 5 nitrogen and oxygen atoms in total. The Morgan fingerprint density at radius 1 is 1.04 bits per heavy atom. The molecule has 3 rings (SSSR count). The van der Waals surface area contributed by atoms with Crippen molar-refractivity contribution in [1.29, 1.82) is 0 Å². The van der Waals surface area contributed by atoms with Gasteiger partial charge in [-0.05, 0) is 24.3 Å². The Kier molecular flexibility index (Phi) is 5.41. The fourth-order valence-electron chi connectivity index (χ4n) is 2.50. The molecule has 0 radical (unpaired) electrons. The number of amides is 1. The predicted octanol–water partition coefficient (Wildman–Crippen LogP) is 4.11. The summed E-state index contributed by atoms with van der Waals surface area (Å²) in [5.41, 5.74) is 0.474. The molecule has 9 heteroatoms. The van der Waals surface area contributed by atoms with Crippen LogP contribution in [0.3, 0.4) is 0 Å². The third kappa shape index (κ3) is 4.43. The highest BCUT2D eigenvalue weighted by molar-refractivity contribution is 7.18. The van der Waals surface area contributed by atoms with Gasteiger partial charge >= 0.3 is 5.97 Å². The smallest absolute Gasteiger partial charge is 0.303 e. The minimum atomic E-state index is -1.13. The lowest BCUT2D eigenvalue weighted by molar-refractivity contribution is -0.138. The van der Waals surface area contributed by atoms with Crippen molar-refractivity contribution >= 4 is 39.1 Å². The molecule has 1 amide bonds. The monoisotopic (exact) mass is 394 g/mol. The number of carbonyl (C=O) groups is 2. The Bertz CT molecular complexity index is 1010. The van der Waals surface area contributed by atoms with E-state index in [0.29, 0.717) is 10.7 Å². The minimum absolute atomic E-state index is 0.0789. The number of nitrogens with zero attached hydrogens (tertiary/aromatic N) is 2. The maximum Gasteiger partial charge on any atom is 0.303 e. The van der Waals surface area contributed by atoms with Crippen molar-refractivity contribution in [1.82, 2.24) is 4.98 Å². The molecule has 0 saturated heterocycles. The number of thiazole rings is 1. The van der Waals surface area contributed by atoms with Gasteiger partial charge < -0.3 is 10.0 Å². The maximum absolute atomic E-state index is 13.9. The summed E-state index contributed by atoms with van der Waals surface area (Å²) in [7, 11) is 0. The highest BCUT2D eigenvalue weighted by atomic mass is 32.1. The molecule has 0 aliphatic carbocycles. The number of anilines is 1. The van der Waals surface area contributed by atoms with E-state index < -0.39 is 29.3 Å². The van der Waals surface area contributed by atoms with Gasteiger partial charge in [-0.15, -0.1) is 11.3 Å². The molecule has 0 spiro atoms. The Morgan fingerprint density at radius 2 is 1.74 bits per heavy atom. The summed E-state index contributed by atoms with van der Waals surface area (Å²) >= 11 is 0.963. The molecule has 0 aliphatic rings. The quantitative estimate of drug-likeness (QED) is 0.683. The lowest BCUT2D eigenvalue weighted by atomic mass is 10.2. The lowest BCUT2D eigenvalue weighted by Crippen LogP contribution is -2.30. The average molecular weight is 394 g/mol. The number of rotatable bonds is 6. The van der Waals surface area contributed by atoms with Crippen LogP contribution in [0.5, 0.6) is 0 Å². The number of aliphatic carboxylic acids is 1. The van der Waals surface area contributed by atoms with Crippen molar-refractivity contribution < 1.29 is 27.9 Å². The molecule has 3 aromatic rings. The minimum Gasteiger partial charge on any atom is -0.481 e. The molecular formula is C18H13F3N2O3S. The largest absolute Gasteiger partial charge is 0.481 e. The second kappa shape index (κ2) is 7.75. The highest BCUT2D eigenvalue weighted by Crippen LogP contribution is 2.28. The van der Waals surface area contributed by atoms with Crippen LogP contribution in [-0.4, -0.2) is 22.0 Å². The van der Waals surface area contributed by atoms with Crippen LogP contribution in [0.15, 0.2) is 36.4 Å². The van der Waals surface area contributed by atoms with Crippen LogP contribution in [0.2, 0.25) is 0 Å². The molecule has 0 fully saturated rings. The molecule has 0 saturated carbocycles. The van der Waals surface area contributed by atoms with E-state index in [4.69, 9.17) is 5.11 Å². The first kappa shape index (κ1) is 18.8. The molecule has 2 aromatic carbocycles. The van der Waals surface area contributed by atoms with Crippen molar-refractivity contribution in [2.75, 3.05) is 4.90 Å². The first-order valence-electron chi connectivity index (χ1n) is 7.85. The van der Waals surface area contributed by atoms with Crippen molar-refractivity contribution in [3.8, 4) is 0 Å². The van der Waals surface area contributed by atoms with Crippen molar-refractivity contribution in [3.05, 3.63) is 58.9 Å². The number of hydrogen-bond acceptors (Lipinski definition) is 4. The Labute approximate surface area is 155 Å². The molecule has 0 unspecified atom stereocenters. The second-order valence-corrected chi connectivity index (χ2v) is 6.78. The summed E-state index contributed by atoms with van der Waals surface area (Å²) in [6.07, 6.45) is -0.628. The first-order valence-corrected chi connectivity index (χ1v) is 8.67. The van der Waals surface area contributed by atoms with Crippen LogP contribution >= 0.6 is 11.3 Å². The second-order valence-electron chi connectivity index (χ2n) is 5.69. The van der Waals surface area contributed by atoms with Gasteiger partial charge in [0, 0.05) is 24.2 Å². The van der Waals surface area contributed by atoms with Crippen LogP contribution in [0.4, 0.5) is 18.9 Å². The molecule has 0 aliphatic heterocycles. The molecule has 0 bridgehead atoms. The topological polar surface area (TPSA) is 70.5 Å². The van der Waals surface area contributed by atoms with E-state index in [0.717, 1.165) is 23.5 Å². The van der Waals surface area contributed by atoms with Gasteiger partial charge in [-0.3, -0.25) is 9.59 Å². The average Bonchev–Trinajstić information content (AvgIpc) is 3.01. The van der Waals surface area contributed by atoms with E-state index in [1.807, 2.05) is 0 Å². The van der Waals surface area contributed by atoms with E-state index in [1.54, 1.807) is 0 Å². The summed E-state index contributed by atoms with van der Waals surface area (Å²) in [5, 5.41) is 9.12. The van der Waals surface area contributed by atoms with Gasteiger partial charge in [-0.1, -0.05) is 0 Å². The summed E-state index contributed by atoms with van der Waals surface area (Å²) in [5.74, 6) is -3.63. The molecule has 0 atom stereocenters. The van der Waals surface area contributed by atoms with Gasteiger partial charge in [0.1, 0.15) is 22.5 Å². The van der Waals surface area contributed by atoms with Crippen molar-refractivity contribution in [2.24, 2.45) is 0 Å². The van der Waals surface area contributed by atoms with Crippen LogP contribution in [0, 0.1) is 17.5 Å². The van der Waals surface area contributed by atoms with Crippen LogP contribution in [-0.2, 0) is 16.1 Å². The fraction of sp³-hybridized carbons (Fsp3) is 0.167. The number of hydrogen-bond donors (Lipinski definition) is 1. The van der Waals surface area contributed by atoms with E-state index in [2.05, 4.69) is 4.98 Å². The van der Waals surface area contributed by atoms with E-state index in [1.165, 1.54) is 29.2 Å². The molecule has 1 aromatic heterocycles. The zero-order valence-electron chi connectivity index (χ0n) is 13.8. The van der Waals surface area contributed by atoms with E-state index in [9.17, 15) is 22.8 Å². The van der Waals surface area contributed by atoms with Gasteiger partial charge in [0.25, 0.3) is 0 Å². The Balaban J connectivity index is 1.93. The number of aromatic nitrogens is 1. The zero-order valence-corrected chi connectivity index (χ0v) is 14.6. The Hall–Kier alpha value is -2.94. The number of halogens is 3. The number of carbonyl (C=O) groups excluding carboxylic acids is 1. The van der Waals surface area contributed by atoms with Crippen molar-refractivity contribution in [2.45, 2.75) is 19.4 Å². The summed E-state index contributed by atoms with van der Waals surface area (Å²) in [4.78, 5) is 28.6. The predicted molar refractivity (Wildman–Crippen MR) is 94.0 cm³/mol. The zero-order chi connectivity index (χ0) is 19.6. The SMILES string of the molecule is O=C(O)CCC(=O)N(Cc1nc2cc(F)cc(F)c2s1)c1ccc(F)cc1. The standard InChI is InChI=1S/C18H13F3N2O3S/c19-10-1-3-12(4-2-10)23(16(24)5-6-17(25)26)9-15-22-14-8-11(20)7-13(21)18(14)27-15/h1-4,7-8H,5-6,9H2,(H,25,26). The molecular weight excluding hydrogens is 381 g/mol. The lowest BCUT2D eigenvalue weighted by Gasteiger charge is -2.21. The van der Waals surface area contributed by atoms with Crippen molar-refractivity contribution in [3.63, 3.8) is 0 Å². The van der Waals surface area contributed by atoms with Gasteiger partial charge in [0.15, 0.2) is 0 Å². The molecule has 27 heavy (non-hydrogen) atoms. The van der Waals surface area contributed by atoms with Crippen LogP contribution in [0.1, 0.15) is 17.8 Å². The molecule has 1 N–H and O–H groups in total. The summed E-state index contributed by atoms with van der Waals surface area (Å²) < 4.78 is 40.6. The molecule has 140 valence electrons. The highest BCUT2D eigenvalue weighted by Gasteiger charge is 2.20. The third-order valence-electron chi connectivity index (χ3n) is 3.74. The number of fused-ring (bicyclic) bond motifs is 1. The number of carboxylic acids is 1. The third-order valence-corrected chi connectivity index (χ3v) is 4.80. The number of benzene rings is 2. The summed E-state index contributed by atoms with van der Waals surface area (Å²) in [6, 6.07) is 6.93. The normalized spacial score (nSPS) is 10.9. The first-order chi connectivity index (χ1) is 12.8. The van der Waals surface area contributed by atoms with E-state index >= 15 is 0 Å². The van der Waals surface area contributed by atoms with E-state index in [-0.39, 0.29) is 29.6 Å². The van der Waals surface area contributed by atoms with Gasteiger partial charge in [-0.25, -0.2) is 18.2 Å². The molecule has 1 heterocycles.